The van der Waals surface area contributed by atoms with Gasteiger partial charge in [-0.3, -0.25) is 4.90 Å². The summed E-state index contributed by atoms with van der Waals surface area (Å²) in [5, 5.41) is 11.0. The maximum Gasteiger partial charge on any atom is 0.411 e. The van der Waals surface area contributed by atoms with E-state index in [9.17, 15) is 9.90 Å². The number of hydrogen-bond donors (Lipinski definition) is 1. The molecule has 0 saturated carbocycles. The second-order valence-corrected chi connectivity index (χ2v) is 14.7. The first-order valence-electron chi connectivity index (χ1n) is 11.2. The molecule has 0 bridgehead atoms. The largest absolute Gasteiger partial charge is 0.445 e. The molecule has 176 valence electrons. The van der Waals surface area contributed by atoms with Crippen molar-refractivity contribution in [1.82, 2.24) is 4.90 Å². The lowest BCUT2D eigenvalue weighted by atomic mass is 9.81. The smallest absolute Gasteiger partial charge is 0.411 e. The number of benzene rings is 1. The molecular formula is C26H39NO4Si. The van der Waals surface area contributed by atoms with Gasteiger partial charge in [0.1, 0.15) is 6.61 Å². The number of carbonyl (C=O) groups excluding carboxylic acids is 1. The monoisotopic (exact) mass is 457 g/mol. The van der Waals surface area contributed by atoms with Crippen LogP contribution in [0.25, 0.3) is 0 Å². The number of hydrogen-bond acceptors (Lipinski definition) is 4. The van der Waals surface area contributed by atoms with Crippen LogP contribution in [0.15, 0.2) is 67.8 Å². The summed E-state index contributed by atoms with van der Waals surface area (Å²) in [4.78, 5) is 15.1. The van der Waals surface area contributed by atoms with Crippen molar-refractivity contribution in [3.63, 3.8) is 0 Å². The molecule has 1 aliphatic rings. The van der Waals surface area contributed by atoms with Crippen LogP contribution >= 0.6 is 0 Å². The third-order valence-corrected chi connectivity index (χ3v) is 11.2. The molecule has 6 heteroatoms. The molecule has 1 aromatic rings. The molecule has 32 heavy (non-hydrogen) atoms. The molecule has 1 N–H and O–H groups in total. The summed E-state index contributed by atoms with van der Waals surface area (Å²) in [5.74, 6) is 0. The van der Waals surface area contributed by atoms with E-state index in [1.54, 1.807) is 11.0 Å². The molecule has 5 nitrogen and oxygen atoms in total. The van der Waals surface area contributed by atoms with Crippen LogP contribution in [-0.4, -0.2) is 48.7 Å². The van der Waals surface area contributed by atoms with E-state index in [0.29, 0.717) is 19.4 Å². The maximum atomic E-state index is 13.5. The quantitative estimate of drug-likeness (QED) is 0.374. The lowest BCUT2D eigenvalue weighted by Gasteiger charge is -2.50. The highest BCUT2D eigenvalue weighted by Gasteiger charge is 2.48. The molecule has 0 aliphatic carbocycles. The van der Waals surface area contributed by atoms with Crippen LogP contribution < -0.4 is 0 Å². The Hall–Kier alpha value is -2.15. The summed E-state index contributed by atoms with van der Waals surface area (Å²) in [7, 11) is -2.03. The van der Waals surface area contributed by atoms with Crippen molar-refractivity contribution in [3.8, 4) is 0 Å². The Labute approximate surface area is 194 Å². The molecule has 0 spiro atoms. The van der Waals surface area contributed by atoms with Crippen molar-refractivity contribution in [2.45, 2.75) is 76.0 Å². The van der Waals surface area contributed by atoms with E-state index in [4.69, 9.17) is 9.16 Å². The minimum absolute atomic E-state index is 0.0506. The molecule has 1 amide bonds. The van der Waals surface area contributed by atoms with Crippen molar-refractivity contribution in [2.75, 3.05) is 6.61 Å². The van der Waals surface area contributed by atoms with Crippen LogP contribution in [0.5, 0.6) is 0 Å². The van der Waals surface area contributed by atoms with E-state index >= 15 is 0 Å². The molecule has 1 aromatic carbocycles. The minimum atomic E-state index is -2.03. The van der Waals surface area contributed by atoms with Crippen LogP contribution in [0.3, 0.4) is 0 Å². The number of aliphatic hydroxyl groups excluding tert-OH is 1. The summed E-state index contributed by atoms with van der Waals surface area (Å²) < 4.78 is 12.2. The van der Waals surface area contributed by atoms with E-state index in [-0.39, 0.29) is 17.7 Å². The summed E-state index contributed by atoms with van der Waals surface area (Å²) in [6.07, 6.45) is 6.60. The van der Waals surface area contributed by atoms with E-state index in [1.807, 2.05) is 42.5 Å². The lowest BCUT2D eigenvalue weighted by molar-refractivity contribution is -0.0232. The fraction of sp³-hybridized carbons (Fsp3) is 0.500. The Kier molecular flexibility index (Phi) is 8.68. The first-order valence-corrected chi connectivity index (χ1v) is 14.1. The van der Waals surface area contributed by atoms with Crippen LogP contribution in [0.2, 0.25) is 18.1 Å². The zero-order valence-electron chi connectivity index (χ0n) is 20.2. The van der Waals surface area contributed by atoms with Gasteiger partial charge >= 0.3 is 6.09 Å². The Bertz CT molecular complexity index is 815. The topological polar surface area (TPSA) is 59.0 Å². The van der Waals surface area contributed by atoms with Crippen molar-refractivity contribution >= 4 is 14.4 Å². The Morgan fingerprint density at radius 1 is 1.31 bits per heavy atom. The normalized spacial score (nSPS) is 22.3. The van der Waals surface area contributed by atoms with E-state index in [2.05, 4.69) is 47.0 Å². The van der Waals surface area contributed by atoms with Crippen molar-refractivity contribution in [1.29, 1.82) is 0 Å². The molecular weight excluding hydrogens is 418 g/mol. The van der Waals surface area contributed by atoms with Crippen molar-refractivity contribution in [3.05, 3.63) is 73.4 Å². The highest BCUT2D eigenvalue weighted by Crippen LogP contribution is 2.39. The molecule has 0 aromatic heterocycles. The van der Waals surface area contributed by atoms with Crippen molar-refractivity contribution in [2.24, 2.45) is 0 Å². The van der Waals surface area contributed by atoms with Crippen molar-refractivity contribution < 1.29 is 19.1 Å². The first kappa shape index (κ1) is 26.1. The number of carbonyl (C=O) groups is 1. The predicted molar refractivity (Wildman–Crippen MR) is 133 cm³/mol. The molecule has 0 radical (unpaired) electrons. The number of aliphatic hydroxyl groups is 1. The maximum absolute atomic E-state index is 13.5. The van der Waals surface area contributed by atoms with Crippen LogP contribution in [-0.2, 0) is 15.8 Å². The van der Waals surface area contributed by atoms with Gasteiger partial charge in [0.2, 0.25) is 0 Å². The van der Waals surface area contributed by atoms with Gasteiger partial charge in [0, 0.05) is 0 Å². The Morgan fingerprint density at radius 2 is 1.97 bits per heavy atom. The first-order chi connectivity index (χ1) is 15.0. The van der Waals surface area contributed by atoms with Gasteiger partial charge in [0.05, 0.1) is 24.3 Å². The van der Waals surface area contributed by atoms with E-state index in [1.165, 1.54) is 6.08 Å². The molecule has 0 saturated heterocycles. The van der Waals surface area contributed by atoms with Gasteiger partial charge in [0.15, 0.2) is 8.32 Å². The summed E-state index contributed by atoms with van der Waals surface area (Å²) >= 11 is 0. The molecule has 1 heterocycles. The number of nitrogens with zero attached hydrogens (tertiary/aromatic N) is 1. The van der Waals surface area contributed by atoms with Gasteiger partial charge in [-0.05, 0) is 36.5 Å². The second kappa shape index (κ2) is 10.6. The predicted octanol–water partition coefficient (Wildman–Crippen LogP) is 5.84. The fourth-order valence-electron chi connectivity index (χ4n) is 3.69. The Morgan fingerprint density at radius 3 is 2.53 bits per heavy atom. The lowest BCUT2D eigenvalue weighted by Crippen LogP contribution is -2.63. The van der Waals surface area contributed by atoms with Crippen LogP contribution in [0.1, 0.15) is 39.2 Å². The van der Waals surface area contributed by atoms with Gasteiger partial charge in [-0.1, -0.05) is 75.4 Å². The summed E-state index contributed by atoms with van der Waals surface area (Å²) in [6.45, 7) is 19.1. The molecule has 1 aliphatic heterocycles. The van der Waals surface area contributed by atoms with Gasteiger partial charge < -0.3 is 14.3 Å². The van der Waals surface area contributed by atoms with E-state index < -0.39 is 26.1 Å². The summed E-state index contributed by atoms with van der Waals surface area (Å²) in [6, 6.07) is 9.29. The average Bonchev–Trinajstić information content (AvgIpc) is 2.75. The SMILES string of the molecule is C=CC[C@@]1(C(O)C=C)C=CC[C@H](CO[Si](C)(C)C(C)(C)C)N1C(=O)OCc1ccccc1. The van der Waals surface area contributed by atoms with Gasteiger partial charge in [0.25, 0.3) is 0 Å². The Balaban J connectivity index is 2.35. The van der Waals surface area contributed by atoms with Gasteiger partial charge in [-0.2, -0.15) is 0 Å². The highest BCUT2D eigenvalue weighted by molar-refractivity contribution is 6.74. The van der Waals surface area contributed by atoms with Crippen LogP contribution in [0.4, 0.5) is 4.79 Å². The molecule has 3 atom stereocenters. The molecule has 2 rings (SSSR count). The van der Waals surface area contributed by atoms with Crippen LogP contribution in [0, 0.1) is 0 Å². The number of ether oxygens (including phenoxy) is 1. The number of rotatable bonds is 9. The van der Waals surface area contributed by atoms with E-state index in [0.717, 1.165) is 5.56 Å². The zero-order chi connectivity index (χ0) is 24.0. The second-order valence-electron chi connectivity index (χ2n) is 9.94. The number of amides is 1. The zero-order valence-corrected chi connectivity index (χ0v) is 21.2. The standard InChI is InChI=1S/C26H39NO4Si/c1-8-17-26(23(28)9-2)18-13-16-22(20-31-32(6,7)25(3,4)5)27(26)24(29)30-19-21-14-11-10-12-15-21/h8-15,18,22-23,28H,1-2,16-17,19-20H2,3-7H3/t22-,23?,26+/m1/s1. The van der Waals surface area contributed by atoms with Gasteiger partial charge in [-0.25, -0.2) is 4.79 Å². The van der Waals surface area contributed by atoms with Gasteiger partial charge in [-0.15, -0.1) is 13.2 Å². The fourth-order valence-corrected chi connectivity index (χ4v) is 4.73. The third kappa shape index (κ3) is 5.80. The molecule has 0 fully saturated rings. The molecule has 1 unspecified atom stereocenters. The summed E-state index contributed by atoms with van der Waals surface area (Å²) in [5.41, 5.74) is -0.113. The minimum Gasteiger partial charge on any atom is -0.445 e. The third-order valence-electron chi connectivity index (χ3n) is 6.68. The highest BCUT2D eigenvalue weighted by atomic mass is 28.4. The average molecular weight is 458 g/mol.